The zero-order valence-electron chi connectivity index (χ0n) is 20.8. The summed E-state index contributed by atoms with van der Waals surface area (Å²) in [7, 11) is 1.74. The minimum Gasteiger partial charge on any atom is -0.484 e. The molecule has 3 aliphatic rings. The highest BCUT2D eigenvalue weighted by Gasteiger charge is 2.30. The van der Waals surface area contributed by atoms with Crippen molar-refractivity contribution >= 4 is 46.2 Å². The summed E-state index contributed by atoms with van der Waals surface area (Å²) >= 11 is 1.35. The average Bonchev–Trinajstić information content (AvgIpc) is 3.21. The van der Waals surface area contributed by atoms with E-state index in [0.717, 1.165) is 43.2 Å². The average molecular weight is 523 g/mol. The van der Waals surface area contributed by atoms with Gasteiger partial charge >= 0.3 is 0 Å². The second-order valence-corrected chi connectivity index (χ2v) is 9.84. The number of thioether (sulfide) groups is 1. The van der Waals surface area contributed by atoms with Gasteiger partial charge in [-0.15, -0.1) is 0 Å². The van der Waals surface area contributed by atoms with E-state index in [2.05, 4.69) is 17.0 Å². The number of carbonyl (C=O) groups excluding carboxylic acids is 2. The second kappa shape index (κ2) is 11.8. The Morgan fingerprint density at radius 2 is 1.62 bits per heavy atom. The lowest BCUT2D eigenvalue weighted by atomic mass is 10.2. The molecule has 37 heavy (non-hydrogen) atoms. The third-order valence-corrected chi connectivity index (χ3v) is 7.42. The number of benzene rings is 2. The van der Waals surface area contributed by atoms with Crippen LogP contribution in [0.1, 0.15) is 5.56 Å². The van der Waals surface area contributed by atoms with E-state index < -0.39 is 0 Å². The van der Waals surface area contributed by atoms with Crippen molar-refractivity contribution in [1.82, 2.24) is 9.80 Å². The van der Waals surface area contributed by atoms with Crippen molar-refractivity contribution in [2.24, 2.45) is 4.99 Å². The predicted octanol–water partition coefficient (Wildman–Crippen LogP) is 2.99. The van der Waals surface area contributed by atoms with Crippen molar-refractivity contribution in [3.8, 4) is 5.75 Å². The Labute approximate surface area is 220 Å². The molecular weight excluding hydrogens is 492 g/mol. The van der Waals surface area contributed by atoms with Crippen molar-refractivity contribution in [2.45, 2.75) is 0 Å². The molecule has 194 valence electrons. The fourth-order valence-electron chi connectivity index (χ4n) is 4.18. The number of nitrogens with zero attached hydrogens (tertiary/aromatic N) is 4. The maximum atomic E-state index is 12.8. The number of aliphatic imine (C=N–C) groups is 1. The molecule has 0 aliphatic carbocycles. The summed E-state index contributed by atoms with van der Waals surface area (Å²) in [6.45, 7) is 5.57. The molecule has 2 aromatic rings. The fraction of sp³-hybridized carbons (Fsp3) is 0.370. The van der Waals surface area contributed by atoms with Gasteiger partial charge in [0.25, 0.3) is 11.8 Å². The molecule has 9 nitrogen and oxygen atoms in total. The Kier molecular flexibility index (Phi) is 8.08. The molecule has 0 spiro atoms. The molecule has 3 aliphatic heterocycles. The molecule has 0 N–H and O–H groups in total. The summed E-state index contributed by atoms with van der Waals surface area (Å²) in [5.41, 5.74) is 2.81. The summed E-state index contributed by atoms with van der Waals surface area (Å²) in [6, 6.07) is 15.4. The van der Waals surface area contributed by atoms with E-state index in [1.165, 1.54) is 11.8 Å². The SMILES string of the molecule is CN1C(=O)/C(=C/c2ccc(OCC(=O)N3CCOCC3)cc2)SC1=Nc1ccc(N2CCOCC2)cc1. The Morgan fingerprint density at radius 3 is 2.30 bits per heavy atom. The van der Waals surface area contributed by atoms with Gasteiger partial charge in [0, 0.05) is 38.9 Å². The first-order valence-corrected chi connectivity index (χ1v) is 13.2. The van der Waals surface area contributed by atoms with E-state index in [0.29, 0.717) is 42.1 Å². The molecule has 5 rings (SSSR count). The Hall–Kier alpha value is -3.34. The first-order valence-electron chi connectivity index (χ1n) is 12.3. The third kappa shape index (κ3) is 6.33. The van der Waals surface area contributed by atoms with Crippen LogP contribution >= 0.6 is 11.8 Å². The highest BCUT2D eigenvalue weighted by molar-refractivity contribution is 8.18. The van der Waals surface area contributed by atoms with E-state index in [9.17, 15) is 9.59 Å². The van der Waals surface area contributed by atoms with Gasteiger partial charge in [-0.05, 0) is 59.8 Å². The number of likely N-dealkylation sites (N-methyl/N-ethyl adjacent to an activating group) is 1. The molecule has 10 heteroatoms. The van der Waals surface area contributed by atoms with Crippen molar-refractivity contribution in [2.75, 3.05) is 71.2 Å². The van der Waals surface area contributed by atoms with Crippen LogP contribution in [0.2, 0.25) is 0 Å². The molecular formula is C27H30N4O5S. The van der Waals surface area contributed by atoms with Crippen LogP contribution < -0.4 is 9.64 Å². The van der Waals surface area contributed by atoms with Crippen LogP contribution in [0.3, 0.4) is 0 Å². The minimum absolute atomic E-state index is 0.00712. The summed E-state index contributed by atoms with van der Waals surface area (Å²) in [4.78, 5) is 36.0. The lowest BCUT2D eigenvalue weighted by Crippen LogP contribution is -2.42. The van der Waals surface area contributed by atoms with Gasteiger partial charge in [0.1, 0.15) is 5.75 Å². The summed E-state index contributed by atoms with van der Waals surface area (Å²) in [6.07, 6.45) is 1.84. The number of amidine groups is 1. The van der Waals surface area contributed by atoms with Gasteiger partial charge in [-0.2, -0.15) is 0 Å². The number of ether oxygens (including phenoxy) is 3. The van der Waals surface area contributed by atoms with Crippen LogP contribution in [-0.4, -0.2) is 93.0 Å². The van der Waals surface area contributed by atoms with Crippen LogP contribution in [0, 0.1) is 0 Å². The molecule has 0 bridgehead atoms. The maximum absolute atomic E-state index is 12.8. The topological polar surface area (TPSA) is 83.9 Å². The smallest absolute Gasteiger partial charge is 0.266 e. The molecule has 0 atom stereocenters. The lowest BCUT2D eigenvalue weighted by molar-refractivity contribution is -0.137. The van der Waals surface area contributed by atoms with Gasteiger partial charge in [-0.3, -0.25) is 14.5 Å². The number of hydrogen-bond acceptors (Lipinski definition) is 8. The summed E-state index contributed by atoms with van der Waals surface area (Å²) < 4.78 is 16.3. The summed E-state index contributed by atoms with van der Waals surface area (Å²) in [5.74, 6) is 0.465. The molecule has 2 amide bonds. The third-order valence-electron chi connectivity index (χ3n) is 6.36. The fourth-order valence-corrected chi connectivity index (χ4v) is 5.17. The van der Waals surface area contributed by atoms with Gasteiger partial charge < -0.3 is 24.0 Å². The standard InChI is InChI=1S/C27H30N4O5S/c1-29-26(33)24(37-27(29)28-21-4-6-22(7-5-21)30-10-14-34-15-11-30)18-20-2-8-23(9-3-20)36-19-25(32)31-12-16-35-17-13-31/h2-9,18H,10-17,19H2,1H3/b24-18-,28-27?. The quantitative estimate of drug-likeness (QED) is 0.540. The van der Waals surface area contributed by atoms with Gasteiger partial charge in [-0.25, -0.2) is 4.99 Å². The highest BCUT2D eigenvalue weighted by atomic mass is 32.2. The summed E-state index contributed by atoms with van der Waals surface area (Å²) in [5, 5.41) is 0.636. The predicted molar refractivity (Wildman–Crippen MR) is 144 cm³/mol. The number of hydrogen-bond donors (Lipinski definition) is 0. The number of morpholine rings is 2. The normalized spacial score (nSPS) is 20.7. The van der Waals surface area contributed by atoms with Crippen molar-refractivity contribution in [3.05, 3.63) is 59.0 Å². The van der Waals surface area contributed by atoms with Crippen LogP contribution in [0.25, 0.3) is 6.08 Å². The molecule has 0 unspecified atom stereocenters. The lowest BCUT2D eigenvalue weighted by Gasteiger charge is -2.28. The van der Waals surface area contributed by atoms with E-state index in [-0.39, 0.29) is 18.4 Å². The molecule has 3 saturated heterocycles. The van der Waals surface area contributed by atoms with Gasteiger partial charge in [0.15, 0.2) is 11.8 Å². The Bertz CT molecular complexity index is 1170. The van der Waals surface area contributed by atoms with E-state index >= 15 is 0 Å². The molecule has 0 aromatic heterocycles. The number of amides is 2. The van der Waals surface area contributed by atoms with Crippen LogP contribution in [0.15, 0.2) is 58.4 Å². The largest absolute Gasteiger partial charge is 0.484 e. The van der Waals surface area contributed by atoms with E-state index in [1.807, 2.05) is 30.3 Å². The number of rotatable bonds is 6. The van der Waals surface area contributed by atoms with E-state index in [4.69, 9.17) is 19.2 Å². The van der Waals surface area contributed by atoms with E-state index in [1.54, 1.807) is 29.0 Å². The van der Waals surface area contributed by atoms with Crippen molar-refractivity contribution < 1.29 is 23.8 Å². The monoisotopic (exact) mass is 522 g/mol. The van der Waals surface area contributed by atoms with Crippen molar-refractivity contribution in [3.63, 3.8) is 0 Å². The molecule has 3 fully saturated rings. The van der Waals surface area contributed by atoms with Gasteiger partial charge in [0.05, 0.1) is 37.0 Å². The van der Waals surface area contributed by atoms with Crippen molar-refractivity contribution in [1.29, 1.82) is 0 Å². The zero-order valence-corrected chi connectivity index (χ0v) is 21.6. The molecule has 3 heterocycles. The Morgan fingerprint density at radius 1 is 0.973 bits per heavy atom. The van der Waals surface area contributed by atoms with Gasteiger partial charge in [0.2, 0.25) is 0 Å². The second-order valence-electron chi connectivity index (χ2n) is 8.84. The van der Waals surface area contributed by atoms with Crippen LogP contribution in [0.4, 0.5) is 11.4 Å². The first-order chi connectivity index (χ1) is 18.1. The van der Waals surface area contributed by atoms with Crippen LogP contribution in [0.5, 0.6) is 5.75 Å². The number of anilines is 1. The minimum atomic E-state index is -0.0925. The zero-order chi connectivity index (χ0) is 25.6. The van der Waals surface area contributed by atoms with Crippen LogP contribution in [-0.2, 0) is 19.1 Å². The first kappa shape index (κ1) is 25.3. The molecule has 2 aromatic carbocycles. The Balaban J connectivity index is 1.19. The highest BCUT2D eigenvalue weighted by Crippen LogP contribution is 2.33. The van der Waals surface area contributed by atoms with Gasteiger partial charge in [-0.1, -0.05) is 12.1 Å². The number of carbonyl (C=O) groups is 2. The molecule has 0 saturated carbocycles. The molecule has 0 radical (unpaired) electrons. The maximum Gasteiger partial charge on any atom is 0.266 e.